The Labute approximate surface area is 177 Å². The van der Waals surface area contributed by atoms with Crippen LogP contribution >= 0.6 is 0 Å². The first-order valence-electron chi connectivity index (χ1n) is 10.00. The molecule has 0 aliphatic heterocycles. The number of carbonyl (C=O) groups excluding carboxylic acids is 1. The maximum absolute atomic E-state index is 12.8. The summed E-state index contributed by atoms with van der Waals surface area (Å²) in [6.07, 6.45) is 3.11. The number of carbonyl (C=O) groups is 4. The van der Waals surface area contributed by atoms with Crippen LogP contribution in [0.4, 0.5) is 0 Å². The van der Waals surface area contributed by atoms with Gasteiger partial charge in [0, 0.05) is 36.7 Å². The maximum Gasteiger partial charge on any atom is 0.303 e. The molecular formula is C21H34N2O7. The average Bonchev–Trinajstić information content (AvgIpc) is 2.65. The lowest BCUT2D eigenvalue weighted by molar-refractivity contribution is -0.139. The lowest BCUT2D eigenvalue weighted by Crippen LogP contribution is -2.51. The molecule has 9 nitrogen and oxygen atoms in total. The minimum atomic E-state index is -1.24. The van der Waals surface area contributed by atoms with Crippen molar-refractivity contribution in [1.82, 2.24) is 10.2 Å². The highest BCUT2D eigenvalue weighted by atomic mass is 16.4. The maximum atomic E-state index is 12.8. The Kier molecular flexibility index (Phi) is 12.1. The molecule has 0 unspecified atom stereocenters. The van der Waals surface area contributed by atoms with Gasteiger partial charge < -0.3 is 25.5 Å². The first kappa shape index (κ1) is 27.2. The van der Waals surface area contributed by atoms with Crippen LogP contribution in [0.25, 0.3) is 0 Å². The third kappa shape index (κ3) is 11.9. The van der Waals surface area contributed by atoms with Crippen molar-refractivity contribution in [3.8, 4) is 0 Å². The zero-order chi connectivity index (χ0) is 23.3. The third-order valence-corrected chi connectivity index (χ3v) is 4.64. The number of hydrogen-bond acceptors (Lipinski definition) is 5. The van der Waals surface area contributed by atoms with E-state index in [0.29, 0.717) is 12.1 Å². The van der Waals surface area contributed by atoms with Gasteiger partial charge in [0.1, 0.15) is 6.54 Å². The second-order valence-electron chi connectivity index (χ2n) is 7.64. The van der Waals surface area contributed by atoms with Gasteiger partial charge in [-0.05, 0) is 31.6 Å². The molecule has 0 aromatic carbocycles. The molecule has 0 spiro atoms. The van der Waals surface area contributed by atoms with Crippen molar-refractivity contribution in [2.75, 3.05) is 6.54 Å². The molecule has 0 saturated heterocycles. The van der Waals surface area contributed by atoms with Gasteiger partial charge in [0.25, 0.3) is 0 Å². The van der Waals surface area contributed by atoms with Crippen molar-refractivity contribution >= 4 is 23.8 Å². The number of carboxylic acids is 3. The number of aliphatic carboxylic acids is 3. The molecule has 0 aromatic heterocycles. The lowest BCUT2D eigenvalue weighted by atomic mass is 9.83. The molecular weight excluding hydrogens is 392 g/mol. The van der Waals surface area contributed by atoms with Gasteiger partial charge in [-0.2, -0.15) is 0 Å². The van der Waals surface area contributed by atoms with Crippen molar-refractivity contribution in [3.05, 3.63) is 24.6 Å². The summed E-state index contributed by atoms with van der Waals surface area (Å²) < 4.78 is 0. The molecule has 0 radical (unpaired) electrons. The summed E-state index contributed by atoms with van der Waals surface area (Å²) in [5.74, 6) is -3.54. The van der Waals surface area contributed by atoms with Gasteiger partial charge in [-0.3, -0.25) is 19.2 Å². The molecule has 0 heterocycles. The summed E-state index contributed by atoms with van der Waals surface area (Å²) in [5, 5.41) is 29.9. The second-order valence-corrected chi connectivity index (χ2v) is 7.64. The molecule has 30 heavy (non-hydrogen) atoms. The number of allylic oxidation sites excluding steroid dienone is 2. The summed E-state index contributed by atoms with van der Waals surface area (Å²) in [6, 6.07) is 0. The predicted molar refractivity (Wildman–Crippen MR) is 112 cm³/mol. The van der Waals surface area contributed by atoms with E-state index in [4.69, 9.17) is 15.3 Å². The number of amides is 1. The molecule has 0 aliphatic carbocycles. The van der Waals surface area contributed by atoms with Crippen LogP contribution in [-0.2, 0) is 19.2 Å². The first-order chi connectivity index (χ1) is 13.9. The van der Waals surface area contributed by atoms with Crippen LogP contribution in [0.5, 0.6) is 0 Å². The summed E-state index contributed by atoms with van der Waals surface area (Å²) in [6.45, 7) is 9.71. The highest BCUT2D eigenvalue weighted by molar-refractivity contribution is 5.80. The van der Waals surface area contributed by atoms with Crippen molar-refractivity contribution < 1.29 is 34.5 Å². The van der Waals surface area contributed by atoms with E-state index < -0.39 is 29.4 Å². The van der Waals surface area contributed by atoms with Crippen molar-refractivity contribution in [2.24, 2.45) is 5.92 Å². The Bertz CT molecular complexity index is 610. The topological polar surface area (TPSA) is 144 Å². The highest BCUT2D eigenvalue weighted by Gasteiger charge is 2.34. The molecule has 9 heteroatoms. The third-order valence-electron chi connectivity index (χ3n) is 4.64. The van der Waals surface area contributed by atoms with Gasteiger partial charge in [0.05, 0.1) is 0 Å². The van der Waals surface area contributed by atoms with E-state index in [9.17, 15) is 19.2 Å². The monoisotopic (exact) mass is 426 g/mol. The second kappa shape index (κ2) is 13.4. The first-order valence-corrected chi connectivity index (χ1v) is 10.00. The van der Waals surface area contributed by atoms with Gasteiger partial charge in [-0.15, -0.1) is 0 Å². The van der Waals surface area contributed by atoms with Crippen molar-refractivity contribution in [1.29, 1.82) is 0 Å². The number of rotatable bonds is 16. The minimum absolute atomic E-state index is 0.0643. The number of hydrogen-bond donors (Lipinski definition) is 4. The quantitative estimate of drug-likeness (QED) is 0.295. The largest absolute Gasteiger partial charge is 0.481 e. The minimum Gasteiger partial charge on any atom is -0.481 e. The molecule has 0 aromatic rings. The Morgan fingerprint density at radius 2 is 1.40 bits per heavy atom. The van der Waals surface area contributed by atoms with Crippen LogP contribution in [0.15, 0.2) is 24.6 Å². The fourth-order valence-corrected chi connectivity index (χ4v) is 2.84. The van der Waals surface area contributed by atoms with Gasteiger partial charge >= 0.3 is 17.9 Å². The highest BCUT2D eigenvalue weighted by Crippen LogP contribution is 2.26. The zero-order valence-electron chi connectivity index (χ0n) is 18.0. The molecule has 0 bridgehead atoms. The standard InChI is InChI=1S/C21H34N2O7/c1-5-16(4)23(13-9-15(2)3)14-17(24)22-21(10-6-18(25)26,11-7-19(27)28)12-8-20(29)30/h9,13,15H,4-8,10-12,14H2,1-3H3,(H,22,24)(H,25,26)(H,27,28)(H,29,30)/b13-9-. The molecule has 0 saturated carbocycles. The SMILES string of the molecule is C=C(CC)N(/C=C\C(C)C)CC(=O)NC(CCC(=O)O)(CCC(=O)O)CCC(=O)O. The Balaban J connectivity index is 5.62. The normalized spacial score (nSPS) is 11.5. The van der Waals surface area contributed by atoms with Crippen LogP contribution in [0.1, 0.15) is 65.7 Å². The van der Waals surface area contributed by atoms with E-state index in [1.165, 1.54) is 0 Å². The van der Waals surface area contributed by atoms with Crippen molar-refractivity contribution in [2.45, 2.75) is 71.3 Å². The van der Waals surface area contributed by atoms with E-state index >= 15 is 0 Å². The number of nitrogens with zero attached hydrogens (tertiary/aromatic N) is 1. The van der Waals surface area contributed by atoms with Gasteiger partial charge in [-0.25, -0.2) is 0 Å². The smallest absolute Gasteiger partial charge is 0.303 e. The number of carboxylic acid groups (broad SMARTS) is 3. The molecule has 4 N–H and O–H groups in total. The van der Waals surface area contributed by atoms with E-state index in [0.717, 1.165) is 0 Å². The van der Waals surface area contributed by atoms with E-state index in [-0.39, 0.29) is 51.0 Å². The van der Waals surface area contributed by atoms with Crippen LogP contribution in [-0.4, -0.2) is 56.1 Å². The predicted octanol–water partition coefficient (Wildman–Crippen LogP) is 2.83. The summed E-state index contributed by atoms with van der Waals surface area (Å²) in [5.41, 5.74) is -0.540. The molecule has 170 valence electrons. The molecule has 1 amide bonds. The van der Waals surface area contributed by atoms with Crippen LogP contribution < -0.4 is 5.32 Å². The molecule has 0 aliphatic rings. The summed E-state index contributed by atoms with van der Waals surface area (Å²) >= 11 is 0. The molecule has 0 fully saturated rings. The lowest BCUT2D eigenvalue weighted by Gasteiger charge is -2.35. The van der Waals surface area contributed by atoms with Crippen LogP contribution in [0.2, 0.25) is 0 Å². The Morgan fingerprint density at radius 3 is 1.73 bits per heavy atom. The number of nitrogens with one attached hydrogen (secondary N) is 1. The van der Waals surface area contributed by atoms with Gasteiger partial charge in [0.2, 0.25) is 5.91 Å². The molecule has 0 rings (SSSR count). The average molecular weight is 427 g/mol. The summed E-state index contributed by atoms with van der Waals surface area (Å²) in [4.78, 5) is 47.7. The summed E-state index contributed by atoms with van der Waals surface area (Å²) in [7, 11) is 0. The van der Waals surface area contributed by atoms with Gasteiger partial charge in [0.15, 0.2) is 0 Å². The van der Waals surface area contributed by atoms with Crippen molar-refractivity contribution in [3.63, 3.8) is 0 Å². The van der Waals surface area contributed by atoms with E-state index in [1.54, 1.807) is 11.1 Å². The fourth-order valence-electron chi connectivity index (χ4n) is 2.84. The van der Waals surface area contributed by atoms with E-state index in [1.807, 2.05) is 26.8 Å². The van der Waals surface area contributed by atoms with Crippen LogP contribution in [0.3, 0.4) is 0 Å². The van der Waals surface area contributed by atoms with Gasteiger partial charge in [-0.1, -0.05) is 33.4 Å². The zero-order valence-corrected chi connectivity index (χ0v) is 18.0. The Hall–Kier alpha value is -2.84. The fraction of sp³-hybridized carbons (Fsp3) is 0.619. The Morgan fingerprint density at radius 1 is 0.967 bits per heavy atom. The van der Waals surface area contributed by atoms with Crippen LogP contribution in [0, 0.1) is 5.92 Å². The van der Waals surface area contributed by atoms with E-state index in [2.05, 4.69) is 11.9 Å². The molecule has 0 atom stereocenters.